The van der Waals surface area contributed by atoms with Crippen LogP contribution in [0, 0.1) is 0 Å². The van der Waals surface area contributed by atoms with Crippen molar-refractivity contribution >= 4 is 21.5 Å². The normalized spacial score (nSPS) is 25.0. The predicted octanol–water partition coefficient (Wildman–Crippen LogP) is -4.00. The third kappa shape index (κ3) is 9.38. The Morgan fingerprint density at radius 2 is 1.77 bits per heavy atom. The SMILES string of the molecule is Nc1ccn([C@@H]2O[C@H](CO)[C@@H](O)[C@H]2O)c(=O)n1.O=P(O)(O)OCC(CO)OP(=O)(O)O. The van der Waals surface area contributed by atoms with Gasteiger partial charge in [0.15, 0.2) is 6.23 Å². The van der Waals surface area contributed by atoms with E-state index in [9.17, 15) is 24.1 Å². The largest absolute Gasteiger partial charge is 0.470 e. The fourth-order valence-corrected chi connectivity index (χ4v) is 3.10. The molecule has 5 atom stereocenters. The summed E-state index contributed by atoms with van der Waals surface area (Å²) in [6, 6.07) is 1.37. The summed E-state index contributed by atoms with van der Waals surface area (Å²) in [6.07, 6.45) is -4.76. The average molecular weight is 495 g/mol. The minimum atomic E-state index is -4.81. The van der Waals surface area contributed by atoms with Crippen molar-refractivity contribution in [1.82, 2.24) is 9.55 Å². The molecule has 0 radical (unpaired) electrons. The second-order valence-electron chi connectivity index (χ2n) is 5.96. The first kappa shape index (κ1) is 27.7. The lowest BCUT2D eigenvalue weighted by Crippen LogP contribution is -2.36. The summed E-state index contributed by atoms with van der Waals surface area (Å²) in [4.78, 5) is 48.0. The van der Waals surface area contributed by atoms with Gasteiger partial charge in [0.05, 0.1) is 19.8 Å². The van der Waals surface area contributed by atoms with Crippen molar-refractivity contribution in [3.05, 3.63) is 22.7 Å². The quantitative estimate of drug-likeness (QED) is 0.155. The fraction of sp³-hybridized carbons (Fsp3) is 0.667. The first-order valence-corrected chi connectivity index (χ1v) is 11.3. The second kappa shape index (κ2) is 11.5. The molecular weight excluding hydrogens is 472 g/mol. The number of anilines is 1. The molecule has 1 fully saturated rings. The van der Waals surface area contributed by atoms with E-state index in [-0.39, 0.29) is 5.82 Å². The van der Waals surface area contributed by atoms with Crippen molar-refractivity contribution in [3.63, 3.8) is 0 Å². The Bertz CT molecular complexity index is 855. The molecule has 1 saturated heterocycles. The van der Waals surface area contributed by atoms with Crippen molar-refractivity contribution in [2.45, 2.75) is 30.6 Å². The number of nitrogen functional groups attached to an aromatic ring is 1. The minimum Gasteiger partial charge on any atom is -0.394 e. The van der Waals surface area contributed by atoms with Crippen LogP contribution in [0.1, 0.15) is 6.23 Å². The van der Waals surface area contributed by atoms with Crippen LogP contribution in [0.3, 0.4) is 0 Å². The van der Waals surface area contributed by atoms with Crippen LogP contribution in [-0.2, 0) is 22.9 Å². The third-order valence-electron chi connectivity index (χ3n) is 3.56. The maximum Gasteiger partial charge on any atom is 0.470 e. The number of hydrogen-bond donors (Lipinski definition) is 9. The van der Waals surface area contributed by atoms with Gasteiger partial charge in [-0.2, -0.15) is 4.98 Å². The second-order valence-corrected chi connectivity index (χ2v) is 8.39. The third-order valence-corrected chi connectivity index (χ3v) is 4.62. The fourth-order valence-electron chi connectivity index (χ4n) is 2.22. The van der Waals surface area contributed by atoms with E-state index in [1.54, 1.807) is 0 Å². The molecule has 1 unspecified atom stereocenters. The van der Waals surface area contributed by atoms with E-state index >= 15 is 0 Å². The molecule has 0 bridgehead atoms. The van der Waals surface area contributed by atoms with E-state index < -0.39 is 71.8 Å². The molecule has 1 aromatic rings. The molecule has 1 aliphatic heterocycles. The van der Waals surface area contributed by atoms with E-state index in [0.29, 0.717) is 0 Å². The molecule has 2 rings (SSSR count). The standard InChI is InChI=1S/C9H13N3O5.C3H10O9P2/c10-5-1-2-12(9(16)11-5)8-7(15)6(14)4(3-13)17-8;4-1-3(12-14(8,9)10)2-11-13(5,6)7/h1-2,4,6-8,13-15H,3H2,(H2,10,11,16);3-4H,1-2H2,(H2,5,6,7)(H2,8,9,10)/t4-,6-,7-,8-;/m1./s1. The van der Waals surface area contributed by atoms with Crippen molar-refractivity contribution < 1.29 is 62.9 Å². The van der Waals surface area contributed by atoms with Crippen LogP contribution in [0.5, 0.6) is 0 Å². The monoisotopic (exact) mass is 495 g/mol. The molecule has 0 spiro atoms. The zero-order chi connectivity index (χ0) is 24.0. The molecule has 0 aliphatic carbocycles. The first-order chi connectivity index (χ1) is 14.2. The molecule has 2 heterocycles. The average Bonchev–Trinajstić information content (AvgIpc) is 2.92. The van der Waals surface area contributed by atoms with Crippen LogP contribution in [0.2, 0.25) is 0 Å². The number of hydrogen-bond acceptors (Lipinski definition) is 12. The number of nitrogens with zero attached hydrogens (tertiary/aromatic N) is 2. The zero-order valence-electron chi connectivity index (χ0n) is 15.6. The summed E-state index contributed by atoms with van der Waals surface area (Å²) in [5.41, 5.74) is 4.63. The van der Waals surface area contributed by atoms with Gasteiger partial charge in [-0.3, -0.25) is 13.6 Å². The highest BCUT2D eigenvalue weighted by atomic mass is 31.2. The van der Waals surface area contributed by atoms with Gasteiger partial charge in [-0.05, 0) is 6.07 Å². The summed E-state index contributed by atoms with van der Waals surface area (Å²) in [5, 5.41) is 36.6. The Labute approximate surface area is 173 Å². The molecule has 0 saturated carbocycles. The van der Waals surface area contributed by atoms with Gasteiger partial charge in [0.1, 0.15) is 30.2 Å². The Kier molecular flexibility index (Phi) is 10.3. The van der Waals surface area contributed by atoms with Crippen molar-refractivity contribution in [3.8, 4) is 0 Å². The lowest BCUT2D eigenvalue weighted by atomic mass is 10.1. The van der Waals surface area contributed by atoms with Gasteiger partial charge in [0, 0.05) is 6.20 Å². The van der Waals surface area contributed by atoms with Crippen LogP contribution in [0.25, 0.3) is 0 Å². The van der Waals surface area contributed by atoms with Gasteiger partial charge < -0.3 is 50.5 Å². The Hall–Kier alpha value is -1.30. The van der Waals surface area contributed by atoms with Gasteiger partial charge in [-0.25, -0.2) is 13.9 Å². The van der Waals surface area contributed by atoms with Crippen molar-refractivity contribution in [2.24, 2.45) is 0 Å². The highest BCUT2D eigenvalue weighted by Crippen LogP contribution is 2.40. The van der Waals surface area contributed by atoms with Crippen LogP contribution in [-0.4, -0.2) is 93.8 Å². The molecule has 1 aromatic heterocycles. The number of aromatic nitrogens is 2. The van der Waals surface area contributed by atoms with Gasteiger partial charge in [-0.15, -0.1) is 0 Å². The Morgan fingerprint density at radius 3 is 2.19 bits per heavy atom. The summed E-state index contributed by atoms with van der Waals surface area (Å²) in [7, 11) is -9.56. The number of phosphoric acid groups is 2. The predicted molar refractivity (Wildman–Crippen MR) is 97.9 cm³/mol. The van der Waals surface area contributed by atoms with E-state index in [1.807, 2.05) is 0 Å². The number of aliphatic hydroxyl groups is 4. The summed E-state index contributed by atoms with van der Waals surface area (Å²) >= 11 is 0. The van der Waals surface area contributed by atoms with E-state index in [4.69, 9.17) is 40.3 Å². The number of nitrogens with two attached hydrogens (primary N) is 1. The Morgan fingerprint density at radius 1 is 1.16 bits per heavy atom. The topological polar surface area (TPSA) is 285 Å². The number of aliphatic hydroxyl groups excluding tert-OH is 4. The lowest BCUT2D eigenvalue weighted by molar-refractivity contribution is -0.0549. The zero-order valence-corrected chi connectivity index (χ0v) is 17.3. The van der Waals surface area contributed by atoms with Gasteiger partial charge in [0.2, 0.25) is 0 Å². The number of ether oxygens (including phenoxy) is 1. The molecular formula is C12H23N3O14P2. The molecule has 1 aliphatic rings. The summed E-state index contributed by atoms with van der Waals surface area (Å²) in [5.74, 6) is 0.0537. The van der Waals surface area contributed by atoms with Gasteiger partial charge >= 0.3 is 21.3 Å². The molecule has 0 aromatic carbocycles. The molecule has 0 amide bonds. The Balaban J connectivity index is 0.000000318. The summed E-state index contributed by atoms with van der Waals surface area (Å²) < 4.78 is 34.4. The van der Waals surface area contributed by atoms with Crippen molar-refractivity contribution in [1.29, 1.82) is 0 Å². The molecule has 10 N–H and O–H groups in total. The van der Waals surface area contributed by atoms with E-state index in [0.717, 1.165) is 4.57 Å². The van der Waals surface area contributed by atoms with Gasteiger partial charge in [0.25, 0.3) is 0 Å². The molecule has 17 nitrogen and oxygen atoms in total. The van der Waals surface area contributed by atoms with Crippen LogP contribution >= 0.6 is 15.6 Å². The van der Waals surface area contributed by atoms with Crippen LogP contribution in [0.4, 0.5) is 5.82 Å². The molecule has 19 heteroatoms. The maximum atomic E-state index is 11.5. The number of phosphoric ester groups is 2. The highest BCUT2D eigenvalue weighted by molar-refractivity contribution is 7.46. The molecule has 31 heavy (non-hydrogen) atoms. The smallest absolute Gasteiger partial charge is 0.394 e. The number of rotatable bonds is 8. The first-order valence-electron chi connectivity index (χ1n) is 8.20. The minimum absolute atomic E-state index is 0.0537. The maximum absolute atomic E-state index is 11.5. The van der Waals surface area contributed by atoms with E-state index in [2.05, 4.69) is 14.0 Å². The van der Waals surface area contributed by atoms with E-state index in [1.165, 1.54) is 12.3 Å². The lowest BCUT2D eigenvalue weighted by Gasteiger charge is -2.16. The highest BCUT2D eigenvalue weighted by Gasteiger charge is 2.43. The van der Waals surface area contributed by atoms with Crippen LogP contribution < -0.4 is 11.4 Å². The summed E-state index contributed by atoms with van der Waals surface area (Å²) in [6.45, 7) is -2.12. The van der Waals surface area contributed by atoms with Crippen LogP contribution in [0.15, 0.2) is 17.1 Å². The van der Waals surface area contributed by atoms with Gasteiger partial charge in [-0.1, -0.05) is 0 Å². The van der Waals surface area contributed by atoms with Crippen molar-refractivity contribution in [2.75, 3.05) is 25.6 Å². The molecule has 180 valence electrons.